The first-order valence-corrected chi connectivity index (χ1v) is 10.3. The standard InChI is InChI=1S/C22H27ClN4O2/c1-2-17-3-7-19(8-4-17)25-22(29)21(28)24-11-12-26-13-15-27(16-14-26)20-9-5-18(23)6-10-20/h3-10H,2,11-16H2,1H3,(H,24,28)(H,25,29). The molecule has 3 rings (SSSR count). The van der Waals surface area contributed by atoms with Crippen molar-refractivity contribution in [3.8, 4) is 0 Å². The molecular formula is C22H27ClN4O2. The van der Waals surface area contributed by atoms with Crippen LogP contribution < -0.4 is 15.5 Å². The summed E-state index contributed by atoms with van der Waals surface area (Å²) in [5.41, 5.74) is 2.98. The van der Waals surface area contributed by atoms with Crippen LogP contribution in [0.2, 0.25) is 5.02 Å². The lowest BCUT2D eigenvalue weighted by Gasteiger charge is -2.36. The molecule has 1 aliphatic rings. The number of nitrogens with one attached hydrogen (secondary N) is 2. The van der Waals surface area contributed by atoms with E-state index >= 15 is 0 Å². The average Bonchev–Trinajstić information content (AvgIpc) is 2.75. The number of carbonyl (C=O) groups is 2. The van der Waals surface area contributed by atoms with E-state index in [1.54, 1.807) is 0 Å². The third-order valence-corrected chi connectivity index (χ3v) is 5.36. The van der Waals surface area contributed by atoms with Crippen LogP contribution in [0.1, 0.15) is 12.5 Å². The lowest BCUT2D eigenvalue weighted by atomic mass is 10.1. The summed E-state index contributed by atoms with van der Waals surface area (Å²) in [6.45, 7) is 6.90. The van der Waals surface area contributed by atoms with Crippen LogP contribution in [-0.4, -0.2) is 56.0 Å². The van der Waals surface area contributed by atoms with Gasteiger partial charge in [0.25, 0.3) is 0 Å². The second kappa shape index (κ2) is 10.3. The van der Waals surface area contributed by atoms with Gasteiger partial charge in [-0.15, -0.1) is 0 Å². The van der Waals surface area contributed by atoms with Crippen LogP contribution in [0.25, 0.3) is 0 Å². The van der Waals surface area contributed by atoms with E-state index in [-0.39, 0.29) is 0 Å². The van der Waals surface area contributed by atoms with Gasteiger partial charge in [-0.3, -0.25) is 14.5 Å². The highest BCUT2D eigenvalue weighted by atomic mass is 35.5. The summed E-state index contributed by atoms with van der Waals surface area (Å²) in [6.07, 6.45) is 0.933. The fraction of sp³-hybridized carbons (Fsp3) is 0.364. The normalized spacial score (nSPS) is 14.5. The van der Waals surface area contributed by atoms with Crippen LogP contribution in [0.3, 0.4) is 0 Å². The minimum atomic E-state index is -0.637. The molecule has 0 radical (unpaired) electrons. The summed E-state index contributed by atoms with van der Waals surface area (Å²) in [7, 11) is 0. The van der Waals surface area contributed by atoms with Gasteiger partial charge >= 0.3 is 11.8 Å². The third-order valence-electron chi connectivity index (χ3n) is 5.10. The Balaban J connectivity index is 1.35. The van der Waals surface area contributed by atoms with Crippen LogP contribution in [0, 0.1) is 0 Å². The SMILES string of the molecule is CCc1ccc(NC(=O)C(=O)NCCN2CCN(c3ccc(Cl)cc3)CC2)cc1. The monoisotopic (exact) mass is 414 g/mol. The van der Waals surface area contributed by atoms with Crippen molar-refractivity contribution in [1.29, 1.82) is 0 Å². The maximum atomic E-state index is 12.0. The Kier molecular flexibility index (Phi) is 7.49. The molecule has 29 heavy (non-hydrogen) atoms. The lowest BCUT2D eigenvalue weighted by Crippen LogP contribution is -2.49. The molecule has 2 aromatic rings. The second-order valence-electron chi connectivity index (χ2n) is 7.07. The second-order valence-corrected chi connectivity index (χ2v) is 7.50. The highest BCUT2D eigenvalue weighted by Gasteiger charge is 2.18. The molecule has 6 nitrogen and oxygen atoms in total. The van der Waals surface area contributed by atoms with Crippen LogP contribution in [0.5, 0.6) is 0 Å². The molecule has 0 bridgehead atoms. The Morgan fingerprint density at radius 3 is 2.21 bits per heavy atom. The number of piperazine rings is 1. The molecular weight excluding hydrogens is 388 g/mol. The summed E-state index contributed by atoms with van der Waals surface area (Å²) in [4.78, 5) is 28.6. The van der Waals surface area contributed by atoms with Crippen LogP contribution >= 0.6 is 11.6 Å². The van der Waals surface area contributed by atoms with Gasteiger partial charge in [-0.25, -0.2) is 0 Å². The zero-order valence-electron chi connectivity index (χ0n) is 16.7. The molecule has 2 aromatic carbocycles. The van der Waals surface area contributed by atoms with E-state index in [0.29, 0.717) is 12.2 Å². The molecule has 1 aliphatic heterocycles. The van der Waals surface area contributed by atoms with Crippen molar-refractivity contribution in [3.05, 3.63) is 59.1 Å². The van der Waals surface area contributed by atoms with Gasteiger partial charge in [-0.1, -0.05) is 30.7 Å². The molecule has 154 valence electrons. The average molecular weight is 415 g/mol. The minimum Gasteiger partial charge on any atom is -0.369 e. The largest absolute Gasteiger partial charge is 0.369 e. The van der Waals surface area contributed by atoms with Gasteiger partial charge in [0.2, 0.25) is 0 Å². The number of hydrogen-bond donors (Lipinski definition) is 2. The number of nitrogens with zero attached hydrogens (tertiary/aromatic N) is 2. The molecule has 1 saturated heterocycles. The molecule has 0 unspecified atom stereocenters. The van der Waals surface area contributed by atoms with Gasteiger partial charge in [-0.2, -0.15) is 0 Å². The number of benzene rings is 2. The first-order valence-electron chi connectivity index (χ1n) is 9.96. The predicted molar refractivity (Wildman–Crippen MR) is 118 cm³/mol. The number of carbonyl (C=O) groups excluding carboxylic acids is 2. The molecule has 1 heterocycles. The van der Waals surface area contributed by atoms with Gasteiger partial charge < -0.3 is 15.5 Å². The number of hydrogen-bond acceptors (Lipinski definition) is 4. The zero-order chi connectivity index (χ0) is 20.6. The molecule has 0 spiro atoms. The fourth-order valence-corrected chi connectivity index (χ4v) is 3.43. The summed E-state index contributed by atoms with van der Waals surface area (Å²) >= 11 is 5.95. The maximum absolute atomic E-state index is 12.0. The van der Waals surface area contributed by atoms with E-state index in [1.807, 2.05) is 48.5 Å². The van der Waals surface area contributed by atoms with E-state index in [1.165, 1.54) is 11.3 Å². The van der Waals surface area contributed by atoms with Gasteiger partial charge in [-0.05, 0) is 48.4 Å². The topological polar surface area (TPSA) is 64.7 Å². The van der Waals surface area contributed by atoms with Gasteiger partial charge in [0, 0.05) is 55.7 Å². The number of rotatable bonds is 6. The Morgan fingerprint density at radius 1 is 0.931 bits per heavy atom. The first-order chi connectivity index (χ1) is 14.0. The molecule has 7 heteroatoms. The van der Waals surface area contributed by atoms with E-state index in [2.05, 4.69) is 27.4 Å². The summed E-state index contributed by atoms with van der Waals surface area (Å²) in [6, 6.07) is 15.4. The molecule has 2 N–H and O–H groups in total. The number of amides is 2. The van der Waals surface area contributed by atoms with Crippen molar-refractivity contribution in [2.75, 3.05) is 49.5 Å². The van der Waals surface area contributed by atoms with Crippen molar-refractivity contribution >= 4 is 34.8 Å². The molecule has 0 aliphatic carbocycles. The minimum absolute atomic E-state index is 0.446. The number of halogens is 1. The highest BCUT2D eigenvalue weighted by molar-refractivity contribution is 6.39. The molecule has 2 amide bonds. The van der Waals surface area contributed by atoms with Crippen LogP contribution in [0.4, 0.5) is 11.4 Å². The Labute approximate surface area is 176 Å². The quantitative estimate of drug-likeness (QED) is 0.713. The van der Waals surface area contributed by atoms with E-state index in [4.69, 9.17) is 11.6 Å². The van der Waals surface area contributed by atoms with Crippen molar-refractivity contribution in [2.45, 2.75) is 13.3 Å². The summed E-state index contributed by atoms with van der Waals surface area (Å²) < 4.78 is 0. The molecule has 1 fully saturated rings. The highest BCUT2D eigenvalue weighted by Crippen LogP contribution is 2.19. The van der Waals surface area contributed by atoms with E-state index in [0.717, 1.165) is 44.2 Å². The number of aryl methyl sites for hydroxylation is 1. The Hall–Kier alpha value is -2.57. The van der Waals surface area contributed by atoms with Gasteiger partial charge in [0.15, 0.2) is 0 Å². The van der Waals surface area contributed by atoms with E-state index in [9.17, 15) is 9.59 Å². The molecule has 0 atom stereocenters. The van der Waals surface area contributed by atoms with Crippen molar-refractivity contribution in [3.63, 3.8) is 0 Å². The van der Waals surface area contributed by atoms with Gasteiger partial charge in [0.1, 0.15) is 0 Å². The predicted octanol–water partition coefficient (Wildman–Crippen LogP) is 2.78. The first kappa shape index (κ1) is 21.1. The molecule has 0 saturated carbocycles. The van der Waals surface area contributed by atoms with Crippen molar-refractivity contribution < 1.29 is 9.59 Å². The smallest absolute Gasteiger partial charge is 0.313 e. The van der Waals surface area contributed by atoms with E-state index < -0.39 is 11.8 Å². The van der Waals surface area contributed by atoms with Crippen LogP contribution in [0.15, 0.2) is 48.5 Å². The zero-order valence-corrected chi connectivity index (χ0v) is 17.4. The number of anilines is 2. The maximum Gasteiger partial charge on any atom is 0.313 e. The summed E-state index contributed by atoms with van der Waals surface area (Å²) in [5.74, 6) is -1.24. The van der Waals surface area contributed by atoms with Crippen molar-refractivity contribution in [2.24, 2.45) is 0 Å². The Morgan fingerprint density at radius 2 is 1.59 bits per heavy atom. The lowest BCUT2D eigenvalue weighted by molar-refractivity contribution is -0.136. The Bertz CT molecular complexity index is 816. The third kappa shape index (κ3) is 6.21. The molecule has 0 aromatic heterocycles. The fourth-order valence-electron chi connectivity index (χ4n) is 3.30. The summed E-state index contributed by atoms with van der Waals surface area (Å²) in [5, 5.41) is 6.07. The van der Waals surface area contributed by atoms with Crippen molar-refractivity contribution in [1.82, 2.24) is 10.2 Å². The van der Waals surface area contributed by atoms with Crippen LogP contribution in [-0.2, 0) is 16.0 Å². The van der Waals surface area contributed by atoms with Gasteiger partial charge in [0.05, 0.1) is 0 Å².